The molecule has 0 spiro atoms. The molecule has 4 aromatic rings. The molecule has 3 aliphatic heterocycles. The molecule has 268 valence electrons. The molecule has 0 saturated carbocycles. The van der Waals surface area contributed by atoms with Crippen molar-refractivity contribution in [2.24, 2.45) is 0 Å². The molecule has 0 amide bonds. The SMILES string of the molecule is Cc1c([C@H](OC(C)(C)C)C(=O)O)c2n3cc(nc3c1C(C)C)-c1cccc(c1)-c1cc(F)ccc1O[C@H](C)CCCCOC1(C)CCN2CC1. The van der Waals surface area contributed by atoms with Crippen LogP contribution in [0.25, 0.3) is 28.0 Å². The van der Waals surface area contributed by atoms with E-state index in [0.29, 0.717) is 36.6 Å². The number of benzene rings is 2. The Hall–Kier alpha value is -3.95. The van der Waals surface area contributed by atoms with Crippen LogP contribution in [0.5, 0.6) is 5.75 Å². The van der Waals surface area contributed by atoms with Gasteiger partial charge < -0.3 is 24.2 Å². The minimum absolute atomic E-state index is 0.0487. The molecule has 6 bridgehead atoms. The molecule has 2 aromatic carbocycles. The van der Waals surface area contributed by atoms with E-state index in [1.54, 1.807) is 6.07 Å². The fourth-order valence-electron chi connectivity index (χ4n) is 7.54. The van der Waals surface area contributed by atoms with Crippen molar-refractivity contribution in [3.63, 3.8) is 0 Å². The molecule has 5 heterocycles. The van der Waals surface area contributed by atoms with Crippen LogP contribution in [0.1, 0.15) is 109 Å². The maximum atomic E-state index is 14.7. The van der Waals surface area contributed by atoms with Crippen molar-refractivity contribution >= 4 is 17.4 Å². The van der Waals surface area contributed by atoms with Gasteiger partial charge in [0.05, 0.1) is 23.0 Å². The standard InChI is InChI=1S/C41H52FN3O5/c1-25(2)34-27(4)35(36(39(46)47)50-40(5,6)7)38-44-19-17-41(8,18-20-44)48-21-10-9-12-26(3)49-33-16-15-30(42)23-31(33)28-13-11-14-29(22-28)32-24-45(38)37(34)43-32/h11,13-16,22-26,36H,9-10,12,17-21H2,1-8H3,(H,46,47)/t26-,36+/m1/s1. The Balaban J connectivity index is 1.61. The Bertz CT molecular complexity index is 1870. The van der Waals surface area contributed by atoms with Gasteiger partial charge in [0.25, 0.3) is 0 Å². The lowest BCUT2D eigenvalue weighted by Gasteiger charge is -2.42. The van der Waals surface area contributed by atoms with Crippen molar-refractivity contribution in [2.45, 2.75) is 117 Å². The number of anilines is 1. The summed E-state index contributed by atoms with van der Waals surface area (Å²) in [6.45, 7) is 18.2. The first-order chi connectivity index (χ1) is 23.6. The lowest BCUT2D eigenvalue weighted by atomic mass is 9.90. The molecule has 1 fully saturated rings. The minimum Gasteiger partial charge on any atom is -0.490 e. The van der Waals surface area contributed by atoms with Gasteiger partial charge in [0.15, 0.2) is 6.10 Å². The summed E-state index contributed by atoms with van der Waals surface area (Å²) in [6, 6.07) is 12.6. The second-order valence-corrected chi connectivity index (χ2v) is 15.6. The first-order valence-electron chi connectivity index (χ1n) is 18.1. The van der Waals surface area contributed by atoms with Crippen LogP contribution in [0.3, 0.4) is 0 Å². The number of carbonyl (C=O) groups is 1. The van der Waals surface area contributed by atoms with Crippen LogP contribution >= 0.6 is 0 Å². The summed E-state index contributed by atoms with van der Waals surface area (Å²) < 4.78 is 36.1. The van der Waals surface area contributed by atoms with Crippen LogP contribution in [0.4, 0.5) is 10.2 Å². The van der Waals surface area contributed by atoms with Crippen LogP contribution in [0, 0.1) is 12.7 Å². The number of imidazole rings is 1. The van der Waals surface area contributed by atoms with Gasteiger partial charge in [-0.1, -0.05) is 32.0 Å². The van der Waals surface area contributed by atoms with Gasteiger partial charge in [0.2, 0.25) is 0 Å². The smallest absolute Gasteiger partial charge is 0.337 e. The number of nitrogens with zero attached hydrogens (tertiary/aromatic N) is 3. The molecule has 9 heteroatoms. The molecular weight excluding hydrogens is 633 g/mol. The van der Waals surface area contributed by atoms with E-state index in [0.717, 1.165) is 71.5 Å². The van der Waals surface area contributed by atoms with Gasteiger partial charge in [0.1, 0.15) is 23.0 Å². The lowest BCUT2D eigenvalue weighted by Crippen LogP contribution is -2.45. The van der Waals surface area contributed by atoms with Gasteiger partial charge in [-0.15, -0.1) is 0 Å². The molecule has 1 saturated heterocycles. The van der Waals surface area contributed by atoms with Gasteiger partial charge >= 0.3 is 5.97 Å². The summed E-state index contributed by atoms with van der Waals surface area (Å²) in [6.07, 6.45) is 5.09. The van der Waals surface area contributed by atoms with Crippen LogP contribution in [-0.2, 0) is 14.3 Å². The number of fused-ring (bicyclic) bond motifs is 8. The van der Waals surface area contributed by atoms with Crippen molar-refractivity contribution in [2.75, 3.05) is 24.6 Å². The van der Waals surface area contributed by atoms with Crippen molar-refractivity contribution < 1.29 is 28.5 Å². The van der Waals surface area contributed by atoms with Gasteiger partial charge in [0, 0.05) is 48.1 Å². The van der Waals surface area contributed by atoms with E-state index in [9.17, 15) is 14.3 Å². The average Bonchev–Trinajstić information content (AvgIpc) is 3.48. The third-order valence-corrected chi connectivity index (χ3v) is 10.1. The van der Waals surface area contributed by atoms with Crippen molar-refractivity contribution in [1.82, 2.24) is 9.38 Å². The summed E-state index contributed by atoms with van der Waals surface area (Å²) >= 11 is 0. The summed E-state index contributed by atoms with van der Waals surface area (Å²) in [7, 11) is 0. The molecule has 8 nitrogen and oxygen atoms in total. The zero-order valence-corrected chi connectivity index (χ0v) is 30.8. The zero-order valence-electron chi connectivity index (χ0n) is 30.8. The van der Waals surface area contributed by atoms with Gasteiger partial charge in [-0.05, 0) is 115 Å². The first-order valence-corrected chi connectivity index (χ1v) is 18.1. The quantitative estimate of drug-likeness (QED) is 0.229. The minimum atomic E-state index is -1.19. The normalized spacial score (nSPS) is 20.9. The molecular formula is C41H52FN3O5. The highest BCUT2D eigenvalue weighted by atomic mass is 19.1. The monoisotopic (exact) mass is 685 g/mol. The van der Waals surface area contributed by atoms with E-state index in [1.165, 1.54) is 12.1 Å². The lowest BCUT2D eigenvalue weighted by molar-refractivity contribution is -0.160. The van der Waals surface area contributed by atoms with E-state index in [4.69, 9.17) is 19.2 Å². The van der Waals surface area contributed by atoms with E-state index in [-0.39, 0.29) is 23.4 Å². The van der Waals surface area contributed by atoms with Crippen LogP contribution < -0.4 is 9.64 Å². The Morgan fingerprint density at radius 3 is 2.48 bits per heavy atom. The number of pyridine rings is 1. The number of halogens is 1. The Morgan fingerprint density at radius 1 is 1.08 bits per heavy atom. The zero-order chi connectivity index (χ0) is 36.0. The molecule has 1 N–H and O–H groups in total. The van der Waals surface area contributed by atoms with E-state index < -0.39 is 17.7 Å². The number of hydrogen-bond acceptors (Lipinski definition) is 6. The Morgan fingerprint density at radius 2 is 1.80 bits per heavy atom. The highest BCUT2D eigenvalue weighted by Gasteiger charge is 2.38. The van der Waals surface area contributed by atoms with E-state index in [1.807, 2.05) is 58.2 Å². The van der Waals surface area contributed by atoms with Gasteiger partial charge in [-0.25, -0.2) is 14.2 Å². The predicted octanol–water partition coefficient (Wildman–Crippen LogP) is 9.51. The highest BCUT2D eigenvalue weighted by Crippen LogP contribution is 2.43. The molecule has 3 aliphatic rings. The van der Waals surface area contributed by atoms with E-state index >= 15 is 0 Å². The van der Waals surface area contributed by atoms with Crippen LogP contribution in [0.15, 0.2) is 48.7 Å². The van der Waals surface area contributed by atoms with Crippen molar-refractivity contribution in [3.8, 4) is 28.1 Å². The molecule has 0 unspecified atom stereocenters. The number of carboxylic acid groups (broad SMARTS) is 1. The first kappa shape index (κ1) is 35.9. The third-order valence-electron chi connectivity index (χ3n) is 10.1. The maximum absolute atomic E-state index is 14.7. The summed E-state index contributed by atoms with van der Waals surface area (Å²) in [4.78, 5) is 20.7. The average molecular weight is 686 g/mol. The highest BCUT2D eigenvalue weighted by molar-refractivity contribution is 5.82. The second-order valence-electron chi connectivity index (χ2n) is 15.6. The van der Waals surface area contributed by atoms with Gasteiger partial charge in [-0.3, -0.25) is 4.40 Å². The van der Waals surface area contributed by atoms with Crippen LogP contribution in [0.2, 0.25) is 0 Å². The fourth-order valence-corrected chi connectivity index (χ4v) is 7.54. The van der Waals surface area contributed by atoms with Gasteiger partial charge in [-0.2, -0.15) is 0 Å². The fraction of sp³-hybridized carbons (Fsp3) is 0.512. The molecule has 2 aromatic heterocycles. The largest absolute Gasteiger partial charge is 0.490 e. The summed E-state index contributed by atoms with van der Waals surface area (Å²) in [5.74, 6) is 0.122. The number of carboxylic acids is 1. The Kier molecular flexibility index (Phi) is 10.0. The number of hydrogen-bond donors (Lipinski definition) is 1. The molecule has 50 heavy (non-hydrogen) atoms. The topological polar surface area (TPSA) is 85.5 Å². The van der Waals surface area contributed by atoms with Crippen molar-refractivity contribution in [1.29, 1.82) is 0 Å². The Labute approximate surface area is 295 Å². The van der Waals surface area contributed by atoms with Crippen molar-refractivity contribution in [3.05, 3.63) is 71.2 Å². The number of aliphatic carboxylic acids is 1. The molecule has 0 aliphatic carbocycles. The third kappa shape index (κ3) is 7.40. The maximum Gasteiger partial charge on any atom is 0.337 e. The van der Waals surface area contributed by atoms with E-state index in [2.05, 4.69) is 37.0 Å². The number of aromatic nitrogens is 2. The molecule has 0 radical (unpaired) electrons. The molecule has 2 atom stereocenters. The molecule has 7 rings (SSSR count). The number of piperidine rings is 1. The summed E-state index contributed by atoms with van der Waals surface area (Å²) in [5, 5.41) is 10.7. The number of ether oxygens (including phenoxy) is 3. The predicted molar refractivity (Wildman–Crippen MR) is 196 cm³/mol. The number of rotatable bonds is 4. The summed E-state index contributed by atoms with van der Waals surface area (Å²) in [5.41, 5.74) is 5.42. The van der Waals surface area contributed by atoms with Crippen LogP contribution in [-0.4, -0.2) is 57.5 Å². The second kappa shape index (κ2) is 14.0.